The van der Waals surface area contributed by atoms with E-state index in [0.29, 0.717) is 6.04 Å². The molecular weight excluding hydrogens is 262 g/mol. The highest BCUT2D eigenvalue weighted by Crippen LogP contribution is 2.39. The van der Waals surface area contributed by atoms with E-state index in [2.05, 4.69) is 41.1 Å². The van der Waals surface area contributed by atoms with Gasteiger partial charge in [0.2, 0.25) is 0 Å². The van der Waals surface area contributed by atoms with E-state index in [1.165, 1.54) is 11.9 Å². The molecule has 0 spiro atoms. The molecule has 0 radical (unpaired) electrons. The molecule has 4 heteroatoms. The van der Waals surface area contributed by atoms with E-state index in [9.17, 15) is 0 Å². The summed E-state index contributed by atoms with van der Waals surface area (Å²) in [6.07, 6.45) is 4.45. The van der Waals surface area contributed by atoms with Crippen LogP contribution < -0.4 is 5.32 Å². The minimum Gasteiger partial charge on any atom is -0.377 e. The average molecular weight is 287 g/mol. The van der Waals surface area contributed by atoms with Gasteiger partial charge in [-0.3, -0.25) is 0 Å². The number of para-hydroxylation sites is 2. The van der Waals surface area contributed by atoms with Crippen molar-refractivity contribution in [3.63, 3.8) is 0 Å². The van der Waals surface area contributed by atoms with Gasteiger partial charge >= 0.3 is 0 Å². The average Bonchev–Trinajstić information content (AvgIpc) is 2.82. The van der Waals surface area contributed by atoms with Crippen LogP contribution in [0.2, 0.25) is 0 Å². The van der Waals surface area contributed by atoms with Gasteiger partial charge in [0.25, 0.3) is 0 Å². The van der Waals surface area contributed by atoms with E-state index in [0.717, 1.165) is 37.1 Å². The monoisotopic (exact) mass is 287 g/mol. The Kier molecular flexibility index (Phi) is 4.00. The highest BCUT2D eigenvalue weighted by molar-refractivity contribution is 5.75. The molecule has 0 bridgehead atoms. The number of imidazole rings is 1. The van der Waals surface area contributed by atoms with Crippen LogP contribution in [0, 0.1) is 0 Å². The molecule has 4 nitrogen and oxygen atoms in total. The number of hydrogen-bond donors (Lipinski definition) is 1. The minimum atomic E-state index is -0.00848. The van der Waals surface area contributed by atoms with Gasteiger partial charge in [0.1, 0.15) is 5.82 Å². The number of fused-ring (bicyclic) bond motifs is 1. The summed E-state index contributed by atoms with van der Waals surface area (Å²) in [6.45, 7) is 3.13. The Morgan fingerprint density at radius 1 is 1.38 bits per heavy atom. The summed E-state index contributed by atoms with van der Waals surface area (Å²) in [5.41, 5.74) is 2.31. The summed E-state index contributed by atoms with van der Waals surface area (Å²) in [5, 5.41) is 3.46. The van der Waals surface area contributed by atoms with Gasteiger partial charge in [0.15, 0.2) is 0 Å². The van der Waals surface area contributed by atoms with Crippen LogP contribution in [0.4, 0.5) is 0 Å². The molecule has 0 saturated heterocycles. The maximum absolute atomic E-state index is 5.85. The van der Waals surface area contributed by atoms with Crippen LogP contribution in [0.25, 0.3) is 11.0 Å². The highest BCUT2D eigenvalue weighted by Gasteiger charge is 2.44. The first-order valence-electron chi connectivity index (χ1n) is 7.90. The predicted octanol–water partition coefficient (Wildman–Crippen LogP) is 2.76. The Morgan fingerprint density at radius 2 is 2.14 bits per heavy atom. The van der Waals surface area contributed by atoms with Gasteiger partial charge in [-0.25, -0.2) is 4.98 Å². The molecule has 1 heterocycles. The van der Waals surface area contributed by atoms with Gasteiger partial charge in [-0.2, -0.15) is 0 Å². The second-order valence-electron chi connectivity index (χ2n) is 5.93. The van der Waals surface area contributed by atoms with Crippen LogP contribution in [0.5, 0.6) is 0 Å². The Morgan fingerprint density at radius 3 is 2.71 bits per heavy atom. The number of rotatable bonds is 6. The number of methoxy groups -OCH3 is 1. The van der Waals surface area contributed by atoms with Crippen LogP contribution in [0.1, 0.15) is 32.0 Å². The molecule has 0 aliphatic heterocycles. The maximum atomic E-state index is 5.85. The molecule has 1 aliphatic rings. The third-order valence-corrected chi connectivity index (χ3v) is 5.03. The molecule has 1 N–H and O–H groups in total. The Hall–Kier alpha value is -1.39. The number of likely N-dealkylation sites (N-methyl/N-ethyl adjacent to an activating group) is 1. The Labute approximate surface area is 126 Å². The van der Waals surface area contributed by atoms with Gasteiger partial charge in [-0.15, -0.1) is 0 Å². The lowest BCUT2D eigenvalue weighted by Crippen LogP contribution is -2.56. The number of ether oxygens (including phenoxy) is 1. The zero-order valence-corrected chi connectivity index (χ0v) is 13.2. The van der Waals surface area contributed by atoms with E-state index in [1.54, 1.807) is 0 Å². The normalized spacial score (nSPS) is 18.6. The smallest absolute Gasteiger partial charge is 0.111 e. The molecule has 21 heavy (non-hydrogen) atoms. The first-order chi connectivity index (χ1) is 10.2. The fraction of sp³-hybridized carbons (Fsp3) is 0.588. The topological polar surface area (TPSA) is 39.1 Å². The Bertz CT molecular complexity index is 610. The van der Waals surface area contributed by atoms with Crippen LogP contribution in [0.15, 0.2) is 24.3 Å². The number of aromatic nitrogens is 2. The van der Waals surface area contributed by atoms with Gasteiger partial charge in [0.05, 0.1) is 16.6 Å². The lowest BCUT2D eigenvalue weighted by atomic mass is 9.73. The molecule has 1 saturated carbocycles. The van der Waals surface area contributed by atoms with Gasteiger partial charge in [0, 0.05) is 26.1 Å². The number of aryl methyl sites for hydroxylation is 1. The van der Waals surface area contributed by atoms with Crippen LogP contribution in [-0.2, 0) is 17.7 Å². The summed E-state index contributed by atoms with van der Waals surface area (Å²) in [7, 11) is 3.87. The van der Waals surface area contributed by atoms with Crippen molar-refractivity contribution in [1.82, 2.24) is 14.9 Å². The second kappa shape index (κ2) is 5.78. The van der Waals surface area contributed by atoms with Crippen LogP contribution in [-0.4, -0.2) is 35.4 Å². The van der Waals surface area contributed by atoms with Crippen LogP contribution >= 0.6 is 0 Å². The SMILES string of the molecule is CCn1c(CC(NC)C2(OC)CCC2)nc2ccccc21. The predicted molar refractivity (Wildman–Crippen MR) is 85.5 cm³/mol. The van der Waals surface area contributed by atoms with Crippen molar-refractivity contribution < 1.29 is 4.74 Å². The van der Waals surface area contributed by atoms with Gasteiger partial charge < -0.3 is 14.6 Å². The summed E-state index contributed by atoms with van der Waals surface area (Å²) in [5.74, 6) is 1.15. The lowest BCUT2D eigenvalue weighted by molar-refractivity contribution is -0.0971. The summed E-state index contributed by atoms with van der Waals surface area (Å²) in [4.78, 5) is 4.84. The number of nitrogens with one attached hydrogen (secondary N) is 1. The van der Waals surface area contributed by atoms with Crippen molar-refractivity contribution in [3.05, 3.63) is 30.1 Å². The number of nitrogens with zero attached hydrogens (tertiary/aromatic N) is 2. The zero-order chi connectivity index (χ0) is 14.9. The minimum absolute atomic E-state index is 0.00848. The van der Waals surface area contributed by atoms with E-state index < -0.39 is 0 Å². The second-order valence-corrected chi connectivity index (χ2v) is 5.93. The summed E-state index contributed by atoms with van der Waals surface area (Å²) < 4.78 is 8.17. The molecule has 0 amide bonds. The molecule has 1 aliphatic carbocycles. The van der Waals surface area contributed by atoms with Gasteiger partial charge in [-0.1, -0.05) is 12.1 Å². The molecule has 3 rings (SSSR count). The van der Waals surface area contributed by atoms with Crippen molar-refractivity contribution in [2.24, 2.45) is 0 Å². The lowest BCUT2D eigenvalue weighted by Gasteiger charge is -2.46. The molecule has 1 aromatic heterocycles. The van der Waals surface area contributed by atoms with Crippen molar-refractivity contribution in [2.75, 3.05) is 14.2 Å². The van der Waals surface area contributed by atoms with Crippen molar-refractivity contribution >= 4 is 11.0 Å². The van der Waals surface area contributed by atoms with E-state index in [1.807, 2.05) is 14.2 Å². The first kappa shape index (κ1) is 14.5. The summed E-state index contributed by atoms with van der Waals surface area (Å²) in [6, 6.07) is 8.70. The fourth-order valence-corrected chi connectivity index (χ4v) is 3.59. The third kappa shape index (κ3) is 2.36. The van der Waals surface area contributed by atoms with E-state index in [-0.39, 0.29) is 5.60 Å². The fourth-order valence-electron chi connectivity index (χ4n) is 3.59. The van der Waals surface area contributed by atoms with E-state index >= 15 is 0 Å². The molecule has 1 atom stereocenters. The molecule has 1 aromatic carbocycles. The zero-order valence-electron chi connectivity index (χ0n) is 13.2. The number of benzene rings is 1. The molecule has 1 unspecified atom stereocenters. The van der Waals surface area contributed by atoms with Crippen molar-refractivity contribution in [3.8, 4) is 0 Å². The molecule has 2 aromatic rings. The molecule has 114 valence electrons. The number of hydrogen-bond acceptors (Lipinski definition) is 3. The van der Waals surface area contributed by atoms with Crippen molar-refractivity contribution in [2.45, 2.75) is 50.8 Å². The standard InChI is InChI=1S/C17H25N3O/c1-4-20-14-9-6-5-8-13(14)19-16(20)12-15(18-2)17(21-3)10-7-11-17/h5-6,8-9,15,18H,4,7,10-12H2,1-3H3. The van der Waals surface area contributed by atoms with Crippen LogP contribution in [0.3, 0.4) is 0 Å². The first-order valence-corrected chi connectivity index (χ1v) is 7.90. The third-order valence-electron chi connectivity index (χ3n) is 5.03. The maximum Gasteiger partial charge on any atom is 0.111 e. The molecule has 1 fully saturated rings. The van der Waals surface area contributed by atoms with Gasteiger partial charge in [-0.05, 0) is 45.4 Å². The van der Waals surface area contributed by atoms with E-state index in [4.69, 9.17) is 9.72 Å². The summed E-state index contributed by atoms with van der Waals surface area (Å²) >= 11 is 0. The molecular formula is C17H25N3O. The highest BCUT2D eigenvalue weighted by atomic mass is 16.5. The largest absolute Gasteiger partial charge is 0.377 e. The van der Waals surface area contributed by atoms with Crippen molar-refractivity contribution in [1.29, 1.82) is 0 Å². The Balaban J connectivity index is 1.93. The quantitative estimate of drug-likeness (QED) is 0.888.